The highest BCUT2D eigenvalue weighted by molar-refractivity contribution is 9.10. The van der Waals surface area contributed by atoms with Gasteiger partial charge < -0.3 is 9.47 Å². The number of ether oxygens (including phenoxy) is 2. The normalized spacial score (nSPS) is 11.7. The van der Waals surface area contributed by atoms with Gasteiger partial charge in [-0.3, -0.25) is 0 Å². The van der Waals surface area contributed by atoms with Crippen LogP contribution in [0.4, 0.5) is 4.39 Å². The maximum absolute atomic E-state index is 13.0. The van der Waals surface area contributed by atoms with E-state index in [9.17, 15) is 18.1 Å². The van der Waals surface area contributed by atoms with E-state index in [-0.39, 0.29) is 4.90 Å². The number of methoxy groups -OCH3 is 2. The average molecular weight is 426 g/mol. The van der Waals surface area contributed by atoms with E-state index in [0.29, 0.717) is 21.5 Å². The van der Waals surface area contributed by atoms with Crippen LogP contribution in [0.15, 0.2) is 50.7 Å². The fourth-order valence-electron chi connectivity index (χ4n) is 2.03. The molecule has 0 atom stereocenters. The summed E-state index contributed by atoms with van der Waals surface area (Å²) < 4.78 is 49.0. The molecule has 130 valence electrons. The number of hydrogen-bond acceptors (Lipinski definition) is 5. The molecule has 25 heavy (non-hydrogen) atoms. The fourth-order valence-corrected chi connectivity index (χ4v) is 3.62. The maximum atomic E-state index is 13.0. The van der Waals surface area contributed by atoms with Crippen LogP contribution < -0.4 is 9.47 Å². The Morgan fingerprint density at radius 2 is 1.72 bits per heavy atom. The molecule has 0 saturated carbocycles. The van der Waals surface area contributed by atoms with Crippen molar-refractivity contribution in [1.29, 1.82) is 5.26 Å². The van der Waals surface area contributed by atoms with Gasteiger partial charge in [0.15, 0.2) is 11.5 Å². The summed E-state index contributed by atoms with van der Waals surface area (Å²) in [6, 6.07) is 9.09. The third kappa shape index (κ3) is 4.00. The molecule has 0 spiro atoms. The highest BCUT2D eigenvalue weighted by atomic mass is 79.9. The van der Waals surface area contributed by atoms with E-state index >= 15 is 0 Å². The van der Waals surface area contributed by atoms with Crippen molar-refractivity contribution < 1.29 is 22.3 Å². The summed E-state index contributed by atoms with van der Waals surface area (Å²) in [5.41, 5.74) is 0.417. The number of benzene rings is 2. The summed E-state index contributed by atoms with van der Waals surface area (Å²) in [5.74, 6) is 0.268. The van der Waals surface area contributed by atoms with Crippen LogP contribution in [-0.2, 0) is 9.84 Å². The van der Waals surface area contributed by atoms with Crippen molar-refractivity contribution >= 4 is 31.8 Å². The van der Waals surface area contributed by atoms with Crippen molar-refractivity contribution in [3.63, 3.8) is 0 Å². The largest absolute Gasteiger partial charge is 0.493 e. The van der Waals surface area contributed by atoms with E-state index in [1.807, 2.05) is 0 Å². The summed E-state index contributed by atoms with van der Waals surface area (Å²) >= 11 is 3.31. The second-order valence-corrected chi connectivity index (χ2v) is 7.58. The Kier molecular flexibility index (Phi) is 5.82. The van der Waals surface area contributed by atoms with Gasteiger partial charge in [-0.25, -0.2) is 12.8 Å². The van der Waals surface area contributed by atoms with Gasteiger partial charge in [-0.1, -0.05) is 15.9 Å². The zero-order valence-corrected chi connectivity index (χ0v) is 15.7. The van der Waals surface area contributed by atoms with Crippen molar-refractivity contribution in [2.75, 3.05) is 14.2 Å². The molecule has 0 heterocycles. The number of halogens is 2. The average Bonchev–Trinajstić information content (AvgIpc) is 2.60. The Morgan fingerprint density at radius 1 is 1.16 bits per heavy atom. The van der Waals surface area contributed by atoms with Crippen LogP contribution in [0.5, 0.6) is 11.5 Å². The van der Waals surface area contributed by atoms with E-state index in [2.05, 4.69) is 15.9 Å². The molecule has 0 aliphatic rings. The summed E-state index contributed by atoms with van der Waals surface area (Å²) in [6.45, 7) is 0. The summed E-state index contributed by atoms with van der Waals surface area (Å²) in [7, 11) is -1.16. The number of nitriles is 1. The van der Waals surface area contributed by atoms with E-state index in [4.69, 9.17) is 9.47 Å². The van der Waals surface area contributed by atoms with Gasteiger partial charge in [-0.15, -0.1) is 0 Å². The first kappa shape index (κ1) is 19.0. The van der Waals surface area contributed by atoms with Crippen molar-refractivity contribution in [3.05, 3.63) is 57.2 Å². The third-order valence-corrected chi connectivity index (χ3v) is 5.68. The summed E-state index contributed by atoms with van der Waals surface area (Å²) in [5, 5.41) is 9.31. The lowest BCUT2D eigenvalue weighted by Gasteiger charge is -2.10. The van der Waals surface area contributed by atoms with Crippen LogP contribution in [0.3, 0.4) is 0 Å². The Labute approximate surface area is 153 Å². The molecule has 2 aromatic carbocycles. The number of allylic oxidation sites excluding steroid dienone is 1. The van der Waals surface area contributed by atoms with Gasteiger partial charge in [-0.2, -0.15) is 5.26 Å². The van der Waals surface area contributed by atoms with Gasteiger partial charge in [0.1, 0.15) is 16.8 Å². The smallest absolute Gasteiger partial charge is 0.216 e. The highest BCUT2D eigenvalue weighted by Gasteiger charge is 2.21. The van der Waals surface area contributed by atoms with Crippen LogP contribution in [0.25, 0.3) is 6.08 Å². The molecule has 0 saturated heterocycles. The molecule has 2 aromatic rings. The van der Waals surface area contributed by atoms with Crippen LogP contribution in [0.2, 0.25) is 0 Å². The summed E-state index contributed by atoms with van der Waals surface area (Å²) in [4.78, 5) is -0.648. The third-order valence-electron chi connectivity index (χ3n) is 3.31. The van der Waals surface area contributed by atoms with Crippen LogP contribution in [-0.4, -0.2) is 22.6 Å². The first-order valence-electron chi connectivity index (χ1n) is 6.87. The van der Waals surface area contributed by atoms with Crippen molar-refractivity contribution in [2.45, 2.75) is 4.90 Å². The maximum Gasteiger partial charge on any atom is 0.216 e. The molecule has 2 rings (SSSR count). The number of rotatable bonds is 5. The molecule has 0 aliphatic carbocycles. The van der Waals surface area contributed by atoms with E-state index in [1.165, 1.54) is 20.3 Å². The number of hydrogen-bond donors (Lipinski definition) is 0. The topological polar surface area (TPSA) is 76.4 Å². The lowest BCUT2D eigenvalue weighted by atomic mass is 10.2. The quantitative estimate of drug-likeness (QED) is 0.535. The van der Waals surface area contributed by atoms with Crippen LogP contribution in [0, 0.1) is 17.1 Å². The molecular formula is C17H13BrFNO4S. The Bertz CT molecular complexity index is 963. The highest BCUT2D eigenvalue weighted by Crippen LogP contribution is 2.35. The van der Waals surface area contributed by atoms with Crippen molar-refractivity contribution in [2.24, 2.45) is 0 Å². The van der Waals surface area contributed by atoms with Crippen LogP contribution >= 0.6 is 15.9 Å². The standard InChI is InChI=1S/C17H13BrFNO4S/c1-23-16-8-11(15(18)9-17(16)24-2)7-14(10-20)25(21,22)13-5-3-12(19)4-6-13/h3-9H,1-2H3/b14-7+. The van der Waals surface area contributed by atoms with Gasteiger partial charge in [0.25, 0.3) is 0 Å². The number of nitrogens with zero attached hydrogens (tertiary/aromatic N) is 1. The van der Waals surface area contributed by atoms with Gasteiger partial charge >= 0.3 is 0 Å². The van der Waals surface area contributed by atoms with E-state index < -0.39 is 20.6 Å². The zero-order valence-electron chi connectivity index (χ0n) is 13.3. The second-order valence-electron chi connectivity index (χ2n) is 4.81. The monoisotopic (exact) mass is 425 g/mol. The molecule has 0 amide bonds. The minimum absolute atomic E-state index is 0.168. The van der Waals surface area contributed by atoms with Crippen molar-refractivity contribution in [1.82, 2.24) is 0 Å². The van der Waals surface area contributed by atoms with Crippen molar-refractivity contribution in [3.8, 4) is 17.6 Å². The molecule has 0 N–H and O–H groups in total. The number of sulfone groups is 1. The first-order chi connectivity index (χ1) is 11.8. The molecule has 0 unspecified atom stereocenters. The first-order valence-corrected chi connectivity index (χ1v) is 9.15. The molecule has 0 aliphatic heterocycles. The lowest BCUT2D eigenvalue weighted by molar-refractivity contribution is 0.354. The minimum Gasteiger partial charge on any atom is -0.493 e. The van der Waals surface area contributed by atoms with Crippen LogP contribution in [0.1, 0.15) is 5.56 Å². The van der Waals surface area contributed by atoms with Gasteiger partial charge in [-0.05, 0) is 48.0 Å². The molecule has 0 fully saturated rings. The lowest BCUT2D eigenvalue weighted by Crippen LogP contribution is -2.04. The Morgan fingerprint density at radius 3 is 2.24 bits per heavy atom. The summed E-state index contributed by atoms with van der Waals surface area (Å²) in [6.07, 6.45) is 1.21. The second kappa shape index (κ2) is 7.68. The van der Waals surface area contributed by atoms with E-state index in [0.717, 1.165) is 24.3 Å². The molecule has 8 heteroatoms. The Balaban J connectivity index is 2.58. The molecule has 0 radical (unpaired) electrons. The molecule has 5 nitrogen and oxygen atoms in total. The Hall–Kier alpha value is -2.37. The molecule has 0 aromatic heterocycles. The van der Waals surface area contributed by atoms with Gasteiger partial charge in [0, 0.05) is 4.47 Å². The molecular weight excluding hydrogens is 413 g/mol. The minimum atomic E-state index is -4.08. The van der Waals surface area contributed by atoms with Gasteiger partial charge in [0.2, 0.25) is 9.84 Å². The SMILES string of the molecule is COc1cc(Br)c(/C=C(\C#N)S(=O)(=O)c2ccc(F)cc2)cc1OC. The predicted molar refractivity (Wildman–Crippen MR) is 94.4 cm³/mol. The molecule has 0 bridgehead atoms. The van der Waals surface area contributed by atoms with E-state index in [1.54, 1.807) is 18.2 Å². The zero-order chi connectivity index (χ0) is 18.6. The predicted octanol–water partition coefficient (Wildman–Crippen LogP) is 3.94. The van der Waals surface area contributed by atoms with Gasteiger partial charge in [0.05, 0.1) is 19.1 Å². The fraction of sp³-hybridized carbons (Fsp3) is 0.118.